The third-order valence-electron chi connectivity index (χ3n) is 1.88. The van der Waals surface area contributed by atoms with Crippen LogP contribution in [-0.4, -0.2) is 60.9 Å². The van der Waals surface area contributed by atoms with Gasteiger partial charge in [0.05, 0.1) is 6.54 Å². The van der Waals surface area contributed by atoms with Crippen LogP contribution in [0.15, 0.2) is 0 Å². The lowest BCUT2D eigenvalue weighted by Gasteiger charge is -2.09. The smallest absolute Gasteiger partial charge is 0.320 e. The second-order valence-electron chi connectivity index (χ2n) is 3.33. The van der Waals surface area contributed by atoms with Gasteiger partial charge < -0.3 is 26.2 Å². The van der Waals surface area contributed by atoms with Gasteiger partial charge >= 0.3 is 11.9 Å². The van der Waals surface area contributed by atoms with Crippen molar-refractivity contribution < 1.29 is 19.8 Å². The number of carboxylic acids is 2. The molecule has 0 aliphatic heterocycles. The van der Waals surface area contributed by atoms with E-state index in [0.29, 0.717) is 26.2 Å². The maximum Gasteiger partial charge on any atom is 0.320 e. The predicted octanol–water partition coefficient (Wildman–Crippen LogP) is -1.69. The van der Waals surface area contributed by atoms with Crippen LogP contribution in [0.25, 0.3) is 0 Å². The number of rotatable bonds is 10. The molecule has 0 aromatic heterocycles. The second kappa shape index (κ2) is 9.08. The van der Waals surface area contributed by atoms with Crippen molar-refractivity contribution in [3.05, 3.63) is 0 Å². The molecule has 0 bridgehead atoms. The van der Waals surface area contributed by atoms with Crippen molar-refractivity contribution in [2.75, 3.05) is 32.7 Å². The zero-order valence-corrected chi connectivity index (χ0v) is 9.32. The molecule has 0 aromatic rings. The van der Waals surface area contributed by atoms with E-state index in [1.54, 1.807) is 6.92 Å². The van der Waals surface area contributed by atoms with Crippen LogP contribution >= 0.6 is 0 Å². The first-order valence-corrected chi connectivity index (χ1v) is 5.13. The number of hydrogen-bond donors (Lipinski definition) is 5. The molecule has 0 saturated carbocycles. The first-order valence-electron chi connectivity index (χ1n) is 5.13. The Labute approximate surface area is 94.2 Å². The summed E-state index contributed by atoms with van der Waals surface area (Å²) in [6.07, 6.45) is 0. The summed E-state index contributed by atoms with van der Waals surface area (Å²) in [7, 11) is 0. The largest absolute Gasteiger partial charge is 0.480 e. The third kappa shape index (κ3) is 9.38. The Morgan fingerprint density at radius 3 is 2.19 bits per heavy atom. The Bertz CT molecular complexity index is 223. The fourth-order valence-electron chi connectivity index (χ4n) is 0.961. The van der Waals surface area contributed by atoms with Gasteiger partial charge in [-0.1, -0.05) is 0 Å². The van der Waals surface area contributed by atoms with Crippen molar-refractivity contribution in [1.29, 1.82) is 0 Å². The summed E-state index contributed by atoms with van der Waals surface area (Å²) in [5.41, 5.74) is 0. The zero-order valence-electron chi connectivity index (χ0n) is 9.32. The molecule has 0 aliphatic carbocycles. The normalized spacial score (nSPS) is 12.3. The van der Waals surface area contributed by atoms with Gasteiger partial charge in [0.1, 0.15) is 6.04 Å². The van der Waals surface area contributed by atoms with E-state index in [0.717, 1.165) is 0 Å². The van der Waals surface area contributed by atoms with Gasteiger partial charge in [-0.25, -0.2) is 0 Å². The summed E-state index contributed by atoms with van der Waals surface area (Å²) >= 11 is 0. The Balaban J connectivity index is 3.15. The van der Waals surface area contributed by atoms with Gasteiger partial charge in [-0.2, -0.15) is 0 Å². The summed E-state index contributed by atoms with van der Waals surface area (Å²) < 4.78 is 0. The molecular formula is C9H19N3O4. The minimum absolute atomic E-state index is 0.0457. The lowest BCUT2D eigenvalue weighted by atomic mass is 10.3. The van der Waals surface area contributed by atoms with E-state index < -0.39 is 18.0 Å². The number of carbonyl (C=O) groups is 2. The highest BCUT2D eigenvalue weighted by molar-refractivity contribution is 5.72. The Morgan fingerprint density at radius 2 is 1.62 bits per heavy atom. The molecule has 16 heavy (non-hydrogen) atoms. The van der Waals surface area contributed by atoms with E-state index in [2.05, 4.69) is 16.0 Å². The first kappa shape index (κ1) is 14.8. The van der Waals surface area contributed by atoms with Crippen molar-refractivity contribution in [2.24, 2.45) is 0 Å². The second-order valence-corrected chi connectivity index (χ2v) is 3.33. The highest BCUT2D eigenvalue weighted by Gasteiger charge is 2.07. The number of aliphatic carboxylic acids is 2. The molecule has 0 rings (SSSR count). The molecule has 0 saturated heterocycles. The maximum absolute atomic E-state index is 10.4. The van der Waals surface area contributed by atoms with Crippen LogP contribution in [0.4, 0.5) is 0 Å². The van der Waals surface area contributed by atoms with Gasteiger partial charge in [0.25, 0.3) is 0 Å². The number of carboxylic acid groups (broad SMARTS) is 2. The van der Waals surface area contributed by atoms with Crippen LogP contribution in [-0.2, 0) is 9.59 Å². The Kier molecular flexibility index (Phi) is 8.41. The SMILES string of the molecule is CC(NCCNCCNCC(=O)O)C(=O)O. The summed E-state index contributed by atoms with van der Waals surface area (Å²) in [5, 5.41) is 25.5. The molecule has 0 amide bonds. The van der Waals surface area contributed by atoms with Crippen LogP contribution in [0.3, 0.4) is 0 Å². The summed E-state index contributed by atoms with van der Waals surface area (Å²) in [6, 6.07) is -0.549. The average molecular weight is 233 g/mol. The standard InChI is InChI=1S/C9H19N3O4/c1-7(9(15)16)12-5-4-10-2-3-11-6-8(13)14/h7,10-12H,2-6H2,1H3,(H,13,14)(H,15,16). The van der Waals surface area contributed by atoms with Crippen LogP contribution < -0.4 is 16.0 Å². The van der Waals surface area contributed by atoms with Gasteiger partial charge in [-0.05, 0) is 6.92 Å². The fourth-order valence-corrected chi connectivity index (χ4v) is 0.961. The Morgan fingerprint density at radius 1 is 1.06 bits per heavy atom. The molecular weight excluding hydrogens is 214 g/mol. The van der Waals surface area contributed by atoms with Crippen molar-refractivity contribution in [2.45, 2.75) is 13.0 Å². The zero-order chi connectivity index (χ0) is 12.4. The molecule has 0 radical (unpaired) electrons. The molecule has 5 N–H and O–H groups in total. The average Bonchev–Trinajstić information content (AvgIpc) is 2.21. The monoisotopic (exact) mass is 233 g/mol. The number of hydrogen-bond acceptors (Lipinski definition) is 5. The predicted molar refractivity (Wildman–Crippen MR) is 58.5 cm³/mol. The summed E-state index contributed by atoms with van der Waals surface area (Å²) in [4.78, 5) is 20.5. The molecule has 94 valence electrons. The molecule has 0 fully saturated rings. The van der Waals surface area contributed by atoms with Gasteiger partial charge in [-0.3, -0.25) is 9.59 Å². The molecule has 7 nitrogen and oxygen atoms in total. The van der Waals surface area contributed by atoms with Crippen molar-refractivity contribution in [1.82, 2.24) is 16.0 Å². The van der Waals surface area contributed by atoms with Crippen LogP contribution in [0.1, 0.15) is 6.92 Å². The van der Waals surface area contributed by atoms with E-state index in [4.69, 9.17) is 10.2 Å². The van der Waals surface area contributed by atoms with Crippen molar-refractivity contribution in [3.63, 3.8) is 0 Å². The minimum atomic E-state index is -0.878. The van der Waals surface area contributed by atoms with E-state index in [1.165, 1.54) is 0 Å². The van der Waals surface area contributed by atoms with E-state index >= 15 is 0 Å². The molecule has 0 spiro atoms. The molecule has 0 aromatic carbocycles. The maximum atomic E-state index is 10.4. The van der Waals surface area contributed by atoms with Crippen LogP contribution in [0.2, 0.25) is 0 Å². The highest BCUT2D eigenvalue weighted by Crippen LogP contribution is 1.78. The molecule has 0 aliphatic rings. The fraction of sp³-hybridized carbons (Fsp3) is 0.778. The summed E-state index contributed by atoms with van der Waals surface area (Å²) in [6.45, 7) is 3.96. The lowest BCUT2D eigenvalue weighted by molar-refractivity contribution is -0.139. The highest BCUT2D eigenvalue weighted by atomic mass is 16.4. The number of nitrogens with one attached hydrogen (secondary N) is 3. The quantitative estimate of drug-likeness (QED) is 0.286. The van der Waals surface area contributed by atoms with Crippen molar-refractivity contribution >= 4 is 11.9 Å². The van der Waals surface area contributed by atoms with Gasteiger partial charge in [0.15, 0.2) is 0 Å². The van der Waals surface area contributed by atoms with Gasteiger partial charge in [0.2, 0.25) is 0 Å². The Hall–Kier alpha value is -1.18. The molecule has 7 heteroatoms. The third-order valence-corrected chi connectivity index (χ3v) is 1.88. The van der Waals surface area contributed by atoms with E-state index in [1.807, 2.05) is 0 Å². The van der Waals surface area contributed by atoms with Crippen molar-refractivity contribution in [3.8, 4) is 0 Å². The molecule has 1 unspecified atom stereocenters. The van der Waals surface area contributed by atoms with Crippen LogP contribution in [0, 0.1) is 0 Å². The van der Waals surface area contributed by atoms with Crippen LogP contribution in [0.5, 0.6) is 0 Å². The van der Waals surface area contributed by atoms with Gasteiger partial charge in [-0.15, -0.1) is 0 Å². The topological polar surface area (TPSA) is 111 Å². The van der Waals surface area contributed by atoms with E-state index in [-0.39, 0.29) is 6.54 Å². The van der Waals surface area contributed by atoms with E-state index in [9.17, 15) is 9.59 Å². The molecule has 0 heterocycles. The minimum Gasteiger partial charge on any atom is -0.480 e. The summed E-state index contributed by atoms with van der Waals surface area (Å²) in [5.74, 6) is -1.75. The van der Waals surface area contributed by atoms with Gasteiger partial charge in [0, 0.05) is 26.2 Å². The lowest BCUT2D eigenvalue weighted by Crippen LogP contribution is -2.39. The molecule has 1 atom stereocenters. The first-order chi connectivity index (χ1) is 7.54.